The van der Waals surface area contributed by atoms with Crippen molar-refractivity contribution in [2.45, 2.75) is 26.9 Å². The first kappa shape index (κ1) is 19.4. The summed E-state index contributed by atoms with van der Waals surface area (Å²) in [6.45, 7) is 5.65. The Labute approximate surface area is 172 Å². The van der Waals surface area contributed by atoms with Crippen molar-refractivity contribution in [3.63, 3.8) is 0 Å². The first-order valence-corrected chi connectivity index (χ1v) is 9.49. The number of amides is 1. The molecule has 0 aliphatic carbocycles. The Balaban J connectivity index is 1.59. The van der Waals surface area contributed by atoms with Gasteiger partial charge < -0.3 is 4.74 Å². The predicted octanol–water partition coefficient (Wildman–Crippen LogP) is 2.74. The summed E-state index contributed by atoms with van der Waals surface area (Å²) in [5, 5.41) is 4.61. The minimum atomic E-state index is -0.798. The van der Waals surface area contributed by atoms with E-state index in [1.807, 2.05) is 50.2 Å². The molecule has 30 heavy (non-hydrogen) atoms. The van der Waals surface area contributed by atoms with Crippen LogP contribution in [0.5, 0.6) is 5.75 Å². The molecule has 0 radical (unpaired) electrons. The molecule has 2 aromatic heterocycles. The molecule has 2 heterocycles. The monoisotopic (exact) mass is 403 g/mol. The van der Waals surface area contributed by atoms with Gasteiger partial charge in [0.25, 0.3) is 11.5 Å². The van der Waals surface area contributed by atoms with Crippen LogP contribution in [0.1, 0.15) is 18.1 Å². The van der Waals surface area contributed by atoms with Crippen LogP contribution >= 0.6 is 0 Å². The summed E-state index contributed by atoms with van der Waals surface area (Å²) in [5.74, 6) is 0.0967. The van der Waals surface area contributed by atoms with Crippen LogP contribution in [-0.2, 0) is 4.79 Å². The number of aryl methyl sites for hydroxylation is 2. The quantitative estimate of drug-likeness (QED) is 0.553. The molecule has 8 nitrogen and oxygen atoms in total. The Bertz CT molecular complexity index is 1280. The van der Waals surface area contributed by atoms with Gasteiger partial charge in [-0.15, -0.1) is 0 Å². The van der Waals surface area contributed by atoms with Crippen molar-refractivity contribution in [1.29, 1.82) is 0 Å². The highest BCUT2D eigenvalue weighted by molar-refractivity contribution is 5.88. The van der Waals surface area contributed by atoms with Crippen LogP contribution in [0.25, 0.3) is 16.7 Å². The van der Waals surface area contributed by atoms with Crippen LogP contribution in [0.4, 0.5) is 0 Å². The number of fused-ring (bicyclic) bond motifs is 1. The third-order valence-electron chi connectivity index (χ3n) is 4.88. The number of carbonyl (C=O) groups excluding carboxylic acids is 1. The maximum atomic E-state index is 12.8. The second-order valence-electron chi connectivity index (χ2n) is 7.03. The molecule has 0 aliphatic rings. The summed E-state index contributed by atoms with van der Waals surface area (Å²) in [5.41, 5.74) is 5.62. The molecule has 8 heteroatoms. The zero-order valence-electron chi connectivity index (χ0n) is 16.9. The zero-order chi connectivity index (χ0) is 21.3. The van der Waals surface area contributed by atoms with Gasteiger partial charge in [-0.05, 0) is 56.2 Å². The number of carbonyl (C=O) groups is 1. The molecule has 0 aliphatic heterocycles. The largest absolute Gasteiger partial charge is 0.481 e. The molecule has 0 bridgehead atoms. The number of hydrogen-bond donors (Lipinski definition) is 1. The second kappa shape index (κ2) is 7.82. The molecular weight excluding hydrogens is 382 g/mol. The summed E-state index contributed by atoms with van der Waals surface area (Å²) in [6.07, 6.45) is 1.93. The topological polar surface area (TPSA) is 91.0 Å². The summed E-state index contributed by atoms with van der Waals surface area (Å²) in [7, 11) is 0. The number of ether oxygens (including phenoxy) is 1. The van der Waals surface area contributed by atoms with Gasteiger partial charge in [-0.2, -0.15) is 5.10 Å². The normalized spacial score (nSPS) is 12.0. The van der Waals surface area contributed by atoms with Crippen LogP contribution in [0.15, 0.2) is 65.8 Å². The molecular formula is C22H21N5O3. The van der Waals surface area contributed by atoms with Crippen LogP contribution in [0.3, 0.4) is 0 Å². The van der Waals surface area contributed by atoms with E-state index in [2.05, 4.69) is 15.5 Å². The molecule has 1 atom stereocenters. The van der Waals surface area contributed by atoms with Crippen molar-refractivity contribution in [2.75, 3.05) is 5.43 Å². The van der Waals surface area contributed by atoms with E-state index in [0.29, 0.717) is 16.8 Å². The molecule has 4 aromatic rings. The first-order chi connectivity index (χ1) is 14.4. The van der Waals surface area contributed by atoms with Crippen molar-refractivity contribution in [1.82, 2.24) is 19.4 Å². The number of hydrogen-bond acceptors (Lipinski definition) is 5. The van der Waals surface area contributed by atoms with Crippen LogP contribution in [-0.4, -0.2) is 31.5 Å². The average Bonchev–Trinajstić information content (AvgIpc) is 3.17. The number of benzene rings is 2. The highest BCUT2D eigenvalue weighted by Gasteiger charge is 2.17. The van der Waals surface area contributed by atoms with E-state index >= 15 is 0 Å². The first-order valence-electron chi connectivity index (χ1n) is 9.49. The molecule has 4 rings (SSSR count). The van der Waals surface area contributed by atoms with E-state index in [-0.39, 0.29) is 0 Å². The number of nitrogens with zero attached hydrogens (tertiary/aromatic N) is 4. The lowest BCUT2D eigenvalue weighted by Gasteiger charge is -2.15. The van der Waals surface area contributed by atoms with E-state index in [9.17, 15) is 9.59 Å². The average molecular weight is 403 g/mol. The van der Waals surface area contributed by atoms with E-state index in [1.165, 1.54) is 18.1 Å². The maximum absolute atomic E-state index is 12.8. The molecule has 0 fully saturated rings. The fraction of sp³-hybridized carbons (Fsp3) is 0.182. The van der Waals surface area contributed by atoms with Crippen LogP contribution < -0.4 is 15.7 Å². The fourth-order valence-electron chi connectivity index (χ4n) is 3.00. The van der Waals surface area contributed by atoms with Gasteiger partial charge in [-0.3, -0.25) is 15.0 Å². The standard InChI is InChI=1S/C22H21N5O3/c1-14-9-10-17(11-15(14)2)27-20-19(12-24-27)22(29)26(13-23-20)25-21(28)16(3)30-18-7-5-4-6-8-18/h4-13,16H,1-3H3,(H,25,28)/t16-/m0/s1. The lowest BCUT2D eigenvalue weighted by molar-refractivity contribution is -0.123. The SMILES string of the molecule is Cc1ccc(-n2ncc3c(=O)n(NC(=O)[C@H](C)Oc4ccccc4)cnc32)cc1C. The molecule has 152 valence electrons. The Morgan fingerprint density at radius 3 is 2.60 bits per heavy atom. The molecule has 1 amide bonds. The lowest BCUT2D eigenvalue weighted by Crippen LogP contribution is -2.39. The van der Waals surface area contributed by atoms with Gasteiger partial charge >= 0.3 is 0 Å². The van der Waals surface area contributed by atoms with Crippen molar-refractivity contribution in [3.8, 4) is 11.4 Å². The molecule has 0 saturated carbocycles. The Hall–Kier alpha value is -3.94. The van der Waals surface area contributed by atoms with E-state index < -0.39 is 17.6 Å². The van der Waals surface area contributed by atoms with Gasteiger partial charge in [0.2, 0.25) is 0 Å². The van der Waals surface area contributed by atoms with Crippen molar-refractivity contribution >= 4 is 16.9 Å². The summed E-state index contributed by atoms with van der Waals surface area (Å²) in [4.78, 5) is 29.6. The summed E-state index contributed by atoms with van der Waals surface area (Å²) < 4.78 is 8.25. The molecule has 0 saturated heterocycles. The van der Waals surface area contributed by atoms with E-state index in [4.69, 9.17) is 4.74 Å². The zero-order valence-corrected chi connectivity index (χ0v) is 16.9. The number of para-hydroxylation sites is 1. The smallest absolute Gasteiger partial charge is 0.283 e. The van der Waals surface area contributed by atoms with Gasteiger partial charge in [0.1, 0.15) is 17.5 Å². The van der Waals surface area contributed by atoms with Crippen molar-refractivity contribution < 1.29 is 9.53 Å². The predicted molar refractivity (Wildman–Crippen MR) is 113 cm³/mol. The van der Waals surface area contributed by atoms with Crippen LogP contribution in [0, 0.1) is 13.8 Å². The maximum Gasteiger partial charge on any atom is 0.283 e. The summed E-state index contributed by atoms with van der Waals surface area (Å²) in [6, 6.07) is 14.9. The number of nitrogens with one attached hydrogen (secondary N) is 1. The Morgan fingerprint density at radius 1 is 1.10 bits per heavy atom. The Kier molecular flexibility index (Phi) is 5.05. The molecule has 2 aromatic carbocycles. The van der Waals surface area contributed by atoms with E-state index in [0.717, 1.165) is 15.9 Å². The van der Waals surface area contributed by atoms with Crippen molar-refractivity contribution in [2.24, 2.45) is 0 Å². The highest BCUT2D eigenvalue weighted by atomic mass is 16.5. The third-order valence-corrected chi connectivity index (χ3v) is 4.88. The van der Waals surface area contributed by atoms with Crippen molar-refractivity contribution in [3.05, 3.63) is 82.5 Å². The fourth-order valence-corrected chi connectivity index (χ4v) is 3.00. The number of rotatable bonds is 5. The van der Waals surface area contributed by atoms with Gasteiger partial charge in [0.15, 0.2) is 11.8 Å². The summed E-state index contributed by atoms with van der Waals surface area (Å²) >= 11 is 0. The third kappa shape index (κ3) is 3.67. The molecule has 0 unspecified atom stereocenters. The lowest BCUT2D eigenvalue weighted by atomic mass is 10.1. The molecule has 1 N–H and O–H groups in total. The second-order valence-corrected chi connectivity index (χ2v) is 7.03. The van der Waals surface area contributed by atoms with Gasteiger partial charge in [0, 0.05) is 0 Å². The highest BCUT2D eigenvalue weighted by Crippen LogP contribution is 2.17. The number of aromatic nitrogens is 4. The Morgan fingerprint density at radius 2 is 1.87 bits per heavy atom. The van der Waals surface area contributed by atoms with Gasteiger partial charge in [-0.1, -0.05) is 24.3 Å². The molecule has 0 spiro atoms. The van der Waals surface area contributed by atoms with Gasteiger partial charge in [-0.25, -0.2) is 14.3 Å². The minimum absolute atomic E-state index is 0.299. The van der Waals surface area contributed by atoms with Gasteiger partial charge in [0.05, 0.1) is 11.9 Å². The van der Waals surface area contributed by atoms with Crippen LogP contribution in [0.2, 0.25) is 0 Å². The minimum Gasteiger partial charge on any atom is -0.481 e. The van der Waals surface area contributed by atoms with E-state index in [1.54, 1.807) is 23.7 Å².